The van der Waals surface area contributed by atoms with Crippen LogP contribution in [0.5, 0.6) is 0 Å². The molecular formula is C25H33Cl2FN4O4S. The van der Waals surface area contributed by atoms with Gasteiger partial charge in [-0.25, -0.2) is 8.70 Å². The van der Waals surface area contributed by atoms with Crippen molar-refractivity contribution in [2.24, 2.45) is 5.92 Å². The van der Waals surface area contributed by atoms with Gasteiger partial charge in [0.2, 0.25) is 11.8 Å². The SMILES string of the molecule is CC[C@@H](C(=O)NCC(C)C)N(Cc1ccc(Cl)cc1Cl)C(=O)CN(c1ccc(F)cc1)S(=O)(=O)N(C)C. The van der Waals surface area contributed by atoms with Crippen LogP contribution in [0, 0.1) is 11.7 Å². The molecule has 0 bridgehead atoms. The number of rotatable bonds is 12. The zero-order valence-electron chi connectivity index (χ0n) is 21.5. The highest BCUT2D eigenvalue weighted by molar-refractivity contribution is 7.90. The Bertz CT molecular complexity index is 1190. The molecule has 0 unspecified atom stereocenters. The summed E-state index contributed by atoms with van der Waals surface area (Å²) in [4.78, 5) is 28.2. The number of halogens is 3. The fourth-order valence-electron chi connectivity index (χ4n) is 3.50. The van der Waals surface area contributed by atoms with Crippen LogP contribution < -0.4 is 9.62 Å². The molecule has 0 aromatic heterocycles. The lowest BCUT2D eigenvalue weighted by molar-refractivity contribution is -0.140. The van der Waals surface area contributed by atoms with Gasteiger partial charge in [0.25, 0.3) is 0 Å². The van der Waals surface area contributed by atoms with Crippen LogP contribution in [0.3, 0.4) is 0 Å². The normalized spacial score (nSPS) is 12.5. The summed E-state index contributed by atoms with van der Waals surface area (Å²) in [5, 5.41) is 3.56. The third-order valence-electron chi connectivity index (χ3n) is 5.56. The minimum Gasteiger partial charge on any atom is -0.354 e. The number of hydrogen-bond acceptors (Lipinski definition) is 4. The number of nitrogens with zero attached hydrogens (tertiary/aromatic N) is 3. The van der Waals surface area contributed by atoms with Gasteiger partial charge in [-0.2, -0.15) is 12.7 Å². The predicted octanol–water partition coefficient (Wildman–Crippen LogP) is 4.32. The quantitative estimate of drug-likeness (QED) is 0.408. The third-order valence-corrected chi connectivity index (χ3v) is 7.97. The van der Waals surface area contributed by atoms with E-state index in [1.807, 2.05) is 13.8 Å². The van der Waals surface area contributed by atoms with E-state index < -0.39 is 34.5 Å². The van der Waals surface area contributed by atoms with E-state index in [2.05, 4.69) is 5.32 Å². The summed E-state index contributed by atoms with van der Waals surface area (Å²) >= 11 is 12.4. The molecule has 204 valence electrons. The Kier molecular flexibility index (Phi) is 11.2. The molecule has 0 aliphatic heterocycles. The van der Waals surface area contributed by atoms with Crippen molar-refractivity contribution in [1.29, 1.82) is 0 Å². The Hall–Kier alpha value is -2.40. The molecule has 0 radical (unpaired) electrons. The first-order valence-corrected chi connectivity index (χ1v) is 13.9. The largest absolute Gasteiger partial charge is 0.354 e. The molecular weight excluding hydrogens is 542 g/mol. The molecule has 2 aromatic rings. The lowest BCUT2D eigenvalue weighted by Gasteiger charge is -2.34. The highest BCUT2D eigenvalue weighted by Gasteiger charge is 2.34. The van der Waals surface area contributed by atoms with Crippen molar-refractivity contribution in [2.75, 3.05) is 31.5 Å². The van der Waals surface area contributed by atoms with E-state index in [0.717, 1.165) is 20.7 Å². The molecule has 0 aliphatic carbocycles. The Morgan fingerprint density at radius 1 is 1.05 bits per heavy atom. The van der Waals surface area contributed by atoms with Gasteiger partial charge >= 0.3 is 10.2 Å². The van der Waals surface area contributed by atoms with E-state index in [4.69, 9.17) is 23.2 Å². The molecule has 0 fully saturated rings. The number of carbonyl (C=O) groups is 2. The number of nitrogens with one attached hydrogen (secondary N) is 1. The Morgan fingerprint density at radius 2 is 1.68 bits per heavy atom. The van der Waals surface area contributed by atoms with Crippen molar-refractivity contribution in [3.63, 3.8) is 0 Å². The van der Waals surface area contributed by atoms with Crippen LogP contribution in [-0.2, 0) is 26.3 Å². The summed E-state index contributed by atoms with van der Waals surface area (Å²) in [7, 11) is -1.48. The van der Waals surface area contributed by atoms with Crippen LogP contribution in [-0.4, -0.2) is 62.7 Å². The average molecular weight is 576 g/mol. The van der Waals surface area contributed by atoms with Gasteiger partial charge in [-0.3, -0.25) is 9.59 Å². The summed E-state index contributed by atoms with van der Waals surface area (Å²) in [6.07, 6.45) is 0.276. The summed E-state index contributed by atoms with van der Waals surface area (Å²) < 4.78 is 41.7. The number of benzene rings is 2. The molecule has 0 heterocycles. The Balaban J connectivity index is 2.51. The van der Waals surface area contributed by atoms with Crippen molar-refractivity contribution in [3.8, 4) is 0 Å². The molecule has 0 saturated carbocycles. The smallest absolute Gasteiger partial charge is 0.304 e. The highest BCUT2D eigenvalue weighted by atomic mass is 35.5. The molecule has 0 spiro atoms. The molecule has 8 nitrogen and oxygen atoms in total. The molecule has 1 atom stereocenters. The standard InChI is InChI=1S/C25H33Cl2FN4O4S/c1-6-23(25(34)29-14-17(2)3)31(15-18-7-8-19(26)13-22(18)27)24(33)16-32(37(35,36)30(4)5)21-11-9-20(28)10-12-21/h7-13,17,23H,6,14-16H2,1-5H3,(H,29,34)/t23-/m0/s1. The number of hydrogen-bond donors (Lipinski definition) is 1. The number of anilines is 1. The first kappa shape index (κ1) is 30.8. The second kappa shape index (κ2) is 13.4. The highest BCUT2D eigenvalue weighted by Crippen LogP contribution is 2.25. The molecule has 2 aromatic carbocycles. The summed E-state index contributed by atoms with van der Waals surface area (Å²) in [6.45, 7) is 5.40. The second-order valence-electron chi connectivity index (χ2n) is 9.09. The maximum absolute atomic E-state index is 13.8. The fourth-order valence-corrected chi connectivity index (χ4v) is 5.02. The van der Waals surface area contributed by atoms with Crippen molar-refractivity contribution in [2.45, 2.75) is 39.8 Å². The van der Waals surface area contributed by atoms with Crippen LogP contribution in [0.1, 0.15) is 32.8 Å². The van der Waals surface area contributed by atoms with Crippen molar-refractivity contribution in [1.82, 2.24) is 14.5 Å². The Morgan fingerprint density at radius 3 is 2.19 bits per heavy atom. The molecule has 2 rings (SSSR count). The van der Waals surface area contributed by atoms with E-state index in [1.165, 1.54) is 37.2 Å². The van der Waals surface area contributed by atoms with E-state index in [-0.39, 0.29) is 30.5 Å². The van der Waals surface area contributed by atoms with Crippen LogP contribution in [0.4, 0.5) is 10.1 Å². The van der Waals surface area contributed by atoms with Gasteiger partial charge in [0.1, 0.15) is 18.4 Å². The summed E-state index contributed by atoms with van der Waals surface area (Å²) in [5.74, 6) is -1.36. The molecule has 2 amide bonds. The first-order chi connectivity index (χ1) is 17.3. The van der Waals surface area contributed by atoms with Gasteiger partial charge < -0.3 is 10.2 Å². The summed E-state index contributed by atoms with van der Waals surface area (Å²) in [5.41, 5.74) is 0.642. The van der Waals surface area contributed by atoms with Crippen LogP contribution >= 0.6 is 23.2 Å². The topological polar surface area (TPSA) is 90.0 Å². The minimum absolute atomic E-state index is 0.0539. The fraction of sp³-hybridized carbons (Fsp3) is 0.440. The van der Waals surface area contributed by atoms with Crippen LogP contribution in [0.2, 0.25) is 10.0 Å². The summed E-state index contributed by atoms with van der Waals surface area (Å²) in [6, 6.07) is 8.67. The van der Waals surface area contributed by atoms with Gasteiger partial charge in [-0.1, -0.05) is 50.0 Å². The van der Waals surface area contributed by atoms with E-state index in [0.29, 0.717) is 22.2 Å². The average Bonchev–Trinajstić information content (AvgIpc) is 2.82. The second-order valence-corrected chi connectivity index (χ2v) is 12.0. The zero-order chi connectivity index (χ0) is 27.9. The molecule has 0 saturated heterocycles. The number of amides is 2. The first-order valence-electron chi connectivity index (χ1n) is 11.7. The number of carbonyl (C=O) groups excluding carboxylic acids is 2. The lowest BCUT2D eigenvalue weighted by atomic mass is 10.1. The van der Waals surface area contributed by atoms with Gasteiger partial charge in [0.05, 0.1) is 5.69 Å². The molecule has 12 heteroatoms. The van der Waals surface area contributed by atoms with Crippen LogP contribution in [0.25, 0.3) is 0 Å². The van der Waals surface area contributed by atoms with Crippen molar-refractivity contribution < 1.29 is 22.4 Å². The minimum atomic E-state index is -4.14. The monoisotopic (exact) mass is 574 g/mol. The lowest BCUT2D eigenvalue weighted by Crippen LogP contribution is -2.53. The van der Waals surface area contributed by atoms with Gasteiger partial charge in [0, 0.05) is 37.2 Å². The van der Waals surface area contributed by atoms with Gasteiger partial charge in [-0.05, 0) is 54.3 Å². The van der Waals surface area contributed by atoms with Crippen molar-refractivity contribution >= 4 is 50.9 Å². The maximum Gasteiger partial charge on any atom is 0.304 e. The predicted molar refractivity (Wildman–Crippen MR) is 145 cm³/mol. The molecule has 1 N–H and O–H groups in total. The van der Waals surface area contributed by atoms with Gasteiger partial charge in [-0.15, -0.1) is 0 Å². The maximum atomic E-state index is 13.8. The van der Waals surface area contributed by atoms with E-state index in [9.17, 15) is 22.4 Å². The van der Waals surface area contributed by atoms with E-state index >= 15 is 0 Å². The van der Waals surface area contributed by atoms with E-state index in [1.54, 1.807) is 19.1 Å². The Labute approximate surface area is 228 Å². The van der Waals surface area contributed by atoms with Crippen LogP contribution in [0.15, 0.2) is 42.5 Å². The van der Waals surface area contributed by atoms with Crippen molar-refractivity contribution in [3.05, 3.63) is 63.9 Å². The third kappa shape index (κ3) is 8.29. The molecule has 0 aliphatic rings. The molecule has 37 heavy (non-hydrogen) atoms. The van der Waals surface area contributed by atoms with Gasteiger partial charge in [0.15, 0.2) is 0 Å². The zero-order valence-corrected chi connectivity index (χ0v) is 23.9.